The fourth-order valence-electron chi connectivity index (χ4n) is 1.51. The Kier molecular flexibility index (Phi) is 5.50. The molecule has 6 heteroatoms. The number of nitrogens with one attached hydrogen (secondary N) is 2. The third-order valence-corrected chi connectivity index (χ3v) is 3.18. The Morgan fingerprint density at radius 3 is 2.53 bits per heavy atom. The van der Waals surface area contributed by atoms with Crippen molar-refractivity contribution in [3.63, 3.8) is 0 Å². The van der Waals surface area contributed by atoms with E-state index in [-0.39, 0.29) is 0 Å². The van der Waals surface area contributed by atoms with E-state index in [9.17, 15) is 0 Å². The highest BCUT2D eigenvalue weighted by Crippen LogP contribution is 2.20. The van der Waals surface area contributed by atoms with E-state index in [0.29, 0.717) is 17.7 Å². The molecule has 1 aromatic heterocycles. The lowest BCUT2D eigenvalue weighted by atomic mass is 10.2. The summed E-state index contributed by atoms with van der Waals surface area (Å²) in [5, 5.41) is 3.40. The van der Waals surface area contributed by atoms with Crippen molar-refractivity contribution in [3.05, 3.63) is 11.4 Å². The van der Waals surface area contributed by atoms with Crippen LogP contribution in [0.1, 0.15) is 24.7 Å². The number of anilines is 2. The van der Waals surface area contributed by atoms with Crippen LogP contribution in [0, 0.1) is 13.8 Å². The largest absolute Gasteiger partial charge is 0.367 e. The van der Waals surface area contributed by atoms with Gasteiger partial charge in [-0.25, -0.2) is 15.8 Å². The van der Waals surface area contributed by atoms with E-state index >= 15 is 0 Å². The standard InChI is InChI=1S/C11H21N5S/c1-7(5-6-17-4)13-10-8(2)11(16-12)15-9(3)14-10/h7H,5-6,12H2,1-4H3,(H2,13,14,15,16). The summed E-state index contributed by atoms with van der Waals surface area (Å²) >= 11 is 1.85. The Morgan fingerprint density at radius 2 is 1.94 bits per heavy atom. The predicted octanol–water partition coefficient (Wildman–Crippen LogP) is 1.93. The number of nitrogen functional groups attached to an aromatic ring is 1. The van der Waals surface area contributed by atoms with Crippen LogP contribution in [-0.4, -0.2) is 28.0 Å². The lowest BCUT2D eigenvalue weighted by Crippen LogP contribution is -2.20. The number of hydrogen-bond donors (Lipinski definition) is 3. The van der Waals surface area contributed by atoms with Crippen LogP contribution in [0.5, 0.6) is 0 Å². The highest BCUT2D eigenvalue weighted by Gasteiger charge is 2.10. The zero-order valence-electron chi connectivity index (χ0n) is 10.9. The summed E-state index contributed by atoms with van der Waals surface area (Å²) in [5.41, 5.74) is 3.55. The van der Waals surface area contributed by atoms with E-state index in [1.54, 1.807) is 0 Å². The molecule has 96 valence electrons. The number of hydrogen-bond acceptors (Lipinski definition) is 6. The highest BCUT2D eigenvalue weighted by molar-refractivity contribution is 7.98. The molecule has 17 heavy (non-hydrogen) atoms. The SMILES string of the molecule is CSCCC(C)Nc1nc(C)nc(NN)c1C. The van der Waals surface area contributed by atoms with Crippen molar-refractivity contribution in [1.82, 2.24) is 9.97 Å². The van der Waals surface area contributed by atoms with Gasteiger partial charge in [0.15, 0.2) is 0 Å². The van der Waals surface area contributed by atoms with Gasteiger partial charge in [-0.3, -0.25) is 0 Å². The van der Waals surface area contributed by atoms with Crippen molar-refractivity contribution in [2.24, 2.45) is 5.84 Å². The molecule has 0 saturated heterocycles. The first kappa shape index (κ1) is 14.1. The molecule has 0 aromatic carbocycles. The van der Waals surface area contributed by atoms with E-state index in [1.807, 2.05) is 25.6 Å². The second-order valence-electron chi connectivity index (χ2n) is 4.06. The first-order valence-corrected chi connectivity index (χ1v) is 7.05. The molecule has 0 aliphatic carbocycles. The van der Waals surface area contributed by atoms with E-state index in [2.05, 4.69) is 33.9 Å². The number of thioether (sulfide) groups is 1. The summed E-state index contributed by atoms with van der Waals surface area (Å²) in [5.74, 6) is 8.82. The van der Waals surface area contributed by atoms with Crippen LogP contribution in [0.4, 0.5) is 11.6 Å². The van der Waals surface area contributed by atoms with Crippen LogP contribution in [-0.2, 0) is 0 Å². The van der Waals surface area contributed by atoms with Gasteiger partial charge in [0.1, 0.15) is 17.5 Å². The molecule has 1 unspecified atom stereocenters. The van der Waals surface area contributed by atoms with E-state index in [4.69, 9.17) is 5.84 Å². The van der Waals surface area contributed by atoms with Gasteiger partial charge in [-0.2, -0.15) is 11.8 Å². The molecular weight excluding hydrogens is 234 g/mol. The highest BCUT2D eigenvalue weighted by atomic mass is 32.2. The van der Waals surface area contributed by atoms with Crippen molar-refractivity contribution >= 4 is 23.4 Å². The molecule has 0 spiro atoms. The fourth-order valence-corrected chi connectivity index (χ4v) is 2.10. The topological polar surface area (TPSA) is 75.9 Å². The van der Waals surface area contributed by atoms with Crippen LogP contribution in [0.15, 0.2) is 0 Å². The van der Waals surface area contributed by atoms with Crippen LogP contribution in [0.25, 0.3) is 0 Å². The van der Waals surface area contributed by atoms with Gasteiger partial charge in [0.05, 0.1) is 0 Å². The summed E-state index contributed by atoms with van der Waals surface area (Å²) in [7, 11) is 0. The van der Waals surface area contributed by atoms with Gasteiger partial charge in [0.25, 0.3) is 0 Å². The lowest BCUT2D eigenvalue weighted by Gasteiger charge is -2.17. The molecule has 0 amide bonds. The Hall–Kier alpha value is -1.01. The summed E-state index contributed by atoms with van der Waals surface area (Å²) in [6, 6.07) is 0.390. The normalized spacial score (nSPS) is 12.3. The van der Waals surface area contributed by atoms with Crippen LogP contribution < -0.4 is 16.6 Å². The first-order valence-electron chi connectivity index (χ1n) is 5.65. The molecule has 1 heterocycles. The molecule has 0 bridgehead atoms. The number of rotatable bonds is 6. The quantitative estimate of drug-likeness (QED) is 0.533. The summed E-state index contributed by atoms with van der Waals surface area (Å²) < 4.78 is 0. The molecule has 0 aliphatic heterocycles. The van der Waals surface area contributed by atoms with E-state index in [0.717, 1.165) is 23.6 Å². The van der Waals surface area contributed by atoms with Gasteiger partial charge in [0.2, 0.25) is 0 Å². The number of aryl methyl sites for hydroxylation is 1. The maximum absolute atomic E-state index is 5.43. The number of nitrogens with zero attached hydrogens (tertiary/aromatic N) is 2. The second kappa shape index (κ2) is 6.66. The zero-order chi connectivity index (χ0) is 12.8. The van der Waals surface area contributed by atoms with Crippen LogP contribution in [0.3, 0.4) is 0 Å². The van der Waals surface area contributed by atoms with Crippen molar-refractivity contribution in [2.75, 3.05) is 22.8 Å². The summed E-state index contributed by atoms with van der Waals surface area (Å²) in [4.78, 5) is 8.63. The minimum atomic E-state index is 0.390. The lowest BCUT2D eigenvalue weighted by molar-refractivity contribution is 0.763. The maximum atomic E-state index is 5.43. The maximum Gasteiger partial charge on any atom is 0.148 e. The minimum Gasteiger partial charge on any atom is -0.367 e. The average Bonchev–Trinajstić information content (AvgIpc) is 2.30. The van der Waals surface area contributed by atoms with Crippen molar-refractivity contribution in [1.29, 1.82) is 0 Å². The third-order valence-electron chi connectivity index (χ3n) is 2.53. The molecule has 5 nitrogen and oxygen atoms in total. The summed E-state index contributed by atoms with van der Waals surface area (Å²) in [6.45, 7) is 5.97. The van der Waals surface area contributed by atoms with Gasteiger partial charge >= 0.3 is 0 Å². The zero-order valence-corrected chi connectivity index (χ0v) is 11.7. The third kappa shape index (κ3) is 4.05. The Balaban J connectivity index is 2.79. The van der Waals surface area contributed by atoms with Crippen LogP contribution in [0.2, 0.25) is 0 Å². The number of aromatic nitrogens is 2. The summed E-state index contributed by atoms with van der Waals surface area (Å²) in [6.07, 6.45) is 3.22. The second-order valence-corrected chi connectivity index (χ2v) is 5.05. The monoisotopic (exact) mass is 255 g/mol. The molecule has 0 fully saturated rings. The molecule has 1 aromatic rings. The molecule has 1 atom stereocenters. The van der Waals surface area contributed by atoms with Crippen molar-refractivity contribution in [3.8, 4) is 0 Å². The van der Waals surface area contributed by atoms with Gasteiger partial charge in [-0.05, 0) is 39.2 Å². The molecule has 0 radical (unpaired) electrons. The average molecular weight is 255 g/mol. The molecule has 1 rings (SSSR count). The van der Waals surface area contributed by atoms with Crippen molar-refractivity contribution in [2.45, 2.75) is 33.2 Å². The number of nitrogens with two attached hydrogens (primary N) is 1. The minimum absolute atomic E-state index is 0.390. The fraction of sp³-hybridized carbons (Fsp3) is 0.636. The van der Waals surface area contributed by atoms with E-state index in [1.165, 1.54) is 0 Å². The Morgan fingerprint density at radius 1 is 1.29 bits per heavy atom. The van der Waals surface area contributed by atoms with Gasteiger partial charge < -0.3 is 10.7 Å². The molecule has 4 N–H and O–H groups in total. The van der Waals surface area contributed by atoms with Gasteiger partial charge in [-0.15, -0.1) is 0 Å². The van der Waals surface area contributed by atoms with Crippen LogP contribution >= 0.6 is 11.8 Å². The Bertz CT molecular complexity index is 369. The smallest absolute Gasteiger partial charge is 0.148 e. The Labute approximate surface area is 107 Å². The van der Waals surface area contributed by atoms with Gasteiger partial charge in [0, 0.05) is 11.6 Å². The first-order chi connectivity index (χ1) is 8.08. The molecule has 0 aliphatic rings. The predicted molar refractivity (Wildman–Crippen MR) is 75.4 cm³/mol. The molecule has 0 saturated carbocycles. The number of hydrazine groups is 1. The molecular formula is C11H21N5S. The van der Waals surface area contributed by atoms with Gasteiger partial charge in [-0.1, -0.05) is 0 Å². The van der Waals surface area contributed by atoms with E-state index < -0.39 is 0 Å². The van der Waals surface area contributed by atoms with Crippen molar-refractivity contribution < 1.29 is 0 Å².